The average molecular weight is 543 g/mol. The summed E-state index contributed by atoms with van der Waals surface area (Å²) in [7, 11) is 1.60. The van der Waals surface area contributed by atoms with Gasteiger partial charge in [-0.05, 0) is 65.6 Å². The molecule has 1 aliphatic heterocycles. The number of benzene rings is 3. The van der Waals surface area contributed by atoms with Gasteiger partial charge in [0, 0.05) is 17.6 Å². The number of pyridine rings is 1. The molecule has 0 bridgehead atoms. The number of carbonyl (C=O) groups excluding carboxylic acids is 2. The third kappa shape index (κ3) is 4.98. The smallest absolute Gasteiger partial charge is 0.268 e. The summed E-state index contributed by atoms with van der Waals surface area (Å²) >= 11 is 0. The van der Waals surface area contributed by atoms with Crippen molar-refractivity contribution in [2.75, 3.05) is 12.0 Å². The molecular weight excluding hydrogens is 512 g/mol. The van der Waals surface area contributed by atoms with Crippen LogP contribution >= 0.6 is 0 Å². The minimum absolute atomic E-state index is 0.159. The number of nitrogens with one attached hydrogen (secondary N) is 1. The lowest BCUT2D eigenvalue weighted by Crippen LogP contribution is -2.31. The Hall–Kier alpha value is -5.17. The molecule has 41 heavy (non-hydrogen) atoms. The zero-order chi connectivity index (χ0) is 28.3. The van der Waals surface area contributed by atoms with Gasteiger partial charge in [-0.3, -0.25) is 14.6 Å². The number of fused-ring (bicyclic) bond motifs is 2. The van der Waals surface area contributed by atoms with Crippen LogP contribution in [0.15, 0.2) is 103 Å². The highest BCUT2D eigenvalue weighted by Crippen LogP contribution is 2.36. The van der Waals surface area contributed by atoms with E-state index in [2.05, 4.69) is 10.3 Å². The first-order valence-electron chi connectivity index (χ1n) is 13.5. The van der Waals surface area contributed by atoms with Crippen LogP contribution in [0, 0.1) is 6.92 Å². The molecule has 2 amide bonds. The van der Waals surface area contributed by atoms with Gasteiger partial charge in [-0.1, -0.05) is 60.7 Å². The maximum Gasteiger partial charge on any atom is 0.268 e. The number of carbonyl (C=O) groups is 2. The number of aromatic nitrogens is 2. The van der Waals surface area contributed by atoms with Crippen LogP contribution < -0.4 is 15.0 Å². The molecule has 7 nitrogen and oxygen atoms in total. The van der Waals surface area contributed by atoms with E-state index in [-0.39, 0.29) is 11.8 Å². The molecule has 6 rings (SSSR count). The number of rotatable bonds is 6. The monoisotopic (exact) mass is 542 g/mol. The number of methoxy groups -OCH3 is 1. The van der Waals surface area contributed by atoms with Crippen LogP contribution in [-0.4, -0.2) is 28.5 Å². The number of para-hydroxylation sites is 1. The molecule has 0 aliphatic carbocycles. The molecule has 1 aliphatic rings. The fourth-order valence-electron chi connectivity index (χ4n) is 5.50. The Balaban J connectivity index is 1.34. The van der Waals surface area contributed by atoms with Gasteiger partial charge in [-0.25, -0.2) is 0 Å². The van der Waals surface area contributed by atoms with Crippen LogP contribution in [0.5, 0.6) is 5.75 Å². The van der Waals surface area contributed by atoms with Crippen molar-refractivity contribution < 1.29 is 14.3 Å². The lowest BCUT2D eigenvalue weighted by Gasteiger charge is -2.24. The molecule has 3 heterocycles. The Morgan fingerprint density at radius 2 is 1.66 bits per heavy atom. The zero-order valence-corrected chi connectivity index (χ0v) is 23.0. The molecular formula is C34H30N4O3. The van der Waals surface area contributed by atoms with Gasteiger partial charge in [0.1, 0.15) is 11.4 Å². The van der Waals surface area contributed by atoms with E-state index in [1.807, 2.05) is 109 Å². The topological polar surface area (TPSA) is 76.5 Å². The Bertz CT molecular complexity index is 1730. The van der Waals surface area contributed by atoms with Gasteiger partial charge in [-0.2, -0.15) is 0 Å². The first-order chi connectivity index (χ1) is 20.0. The van der Waals surface area contributed by atoms with Crippen molar-refractivity contribution in [1.29, 1.82) is 0 Å². The molecule has 5 aromatic rings. The summed E-state index contributed by atoms with van der Waals surface area (Å²) in [5, 5.41) is 2.98. The molecule has 204 valence electrons. The second-order valence-corrected chi connectivity index (χ2v) is 10.0. The lowest BCUT2D eigenvalue weighted by molar-refractivity contribution is 0.0940. The van der Waals surface area contributed by atoms with E-state index in [1.165, 1.54) is 0 Å². The van der Waals surface area contributed by atoms with Crippen molar-refractivity contribution in [2.24, 2.45) is 0 Å². The standard InChI is InChI=1S/C34H30N4O3/c1-23-28(24-10-4-3-5-11-24)16-17-29(32(23)41-2)34(40)38-22-27-15-18-31(33(39)36-20-26-13-8-9-19-35-26)37(27)21-25-12-6-7-14-30(25)38/h3-19H,20-22H2,1-2H3,(H,36,39). The molecule has 0 saturated carbocycles. The maximum absolute atomic E-state index is 14.3. The van der Waals surface area contributed by atoms with Gasteiger partial charge < -0.3 is 19.5 Å². The molecule has 7 heteroatoms. The van der Waals surface area contributed by atoms with Crippen molar-refractivity contribution in [3.63, 3.8) is 0 Å². The van der Waals surface area contributed by atoms with Crippen molar-refractivity contribution in [3.05, 3.63) is 137 Å². The van der Waals surface area contributed by atoms with Gasteiger partial charge in [0.05, 0.1) is 38.0 Å². The van der Waals surface area contributed by atoms with Crippen LogP contribution in [-0.2, 0) is 19.6 Å². The van der Waals surface area contributed by atoms with E-state index in [0.717, 1.165) is 39.3 Å². The van der Waals surface area contributed by atoms with E-state index in [9.17, 15) is 9.59 Å². The number of anilines is 1. The van der Waals surface area contributed by atoms with E-state index in [4.69, 9.17) is 4.74 Å². The molecule has 0 saturated heterocycles. The average Bonchev–Trinajstić information content (AvgIpc) is 3.33. The summed E-state index contributed by atoms with van der Waals surface area (Å²) in [4.78, 5) is 33.6. The summed E-state index contributed by atoms with van der Waals surface area (Å²) in [6, 6.07) is 31.1. The van der Waals surface area contributed by atoms with E-state index >= 15 is 0 Å². The van der Waals surface area contributed by atoms with Gasteiger partial charge in [0.25, 0.3) is 11.8 Å². The highest BCUT2D eigenvalue weighted by Gasteiger charge is 2.29. The van der Waals surface area contributed by atoms with Crippen molar-refractivity contribution >= 4 is 17.5 Å². The van der Waals surface area contributed by atoms with Crippen LogP contribution in [0.3, 0.4) is 0 Å². The van der Waals surface area contributed by atoms with Crippen molar-refractivity contribution in [1.82, 2.24) is 14.9 Å². The Morgan fingerprint density at radius 3 is 2.44 bits per heavy atom. The highest BCUT2D eigenvalue weighted by molar-refractivity contribution is 6.09. The third-order valence-electron chi connectivity index (χ3n) is 7.56. The predicted octanol–water partition coefficient (Wildman–Crippen LogP) is 6.01. The fourth-order valence-corrected chi connectivity index (χ4v) is 5.50. The largest absolute Gasteiger partial charge is 0.496 e. The predicted molar refractivity (Wildman–Crippen MR) is 159 cm³/mol. The number of nitrogens with zero attached hydrogens (tertiary/aromatic N) is 3. The number of hydrogen-bond donors (Lipinski definition) is 1. The van der Waals surface area contributed by atoms with E-state index in [0.29, 0.717) is 36.6 Å². The second-order valence-electron chi connectivity index (χ2n) is 10.0. The minimum Gasteiger partial charge on any atom is -0.496 e. The number of hydrogen-bond acceptors (Lipinski definition) is 4. The molecule has 0 atom stereocenters. The molecule has 0 unspecified atom stereocenters. The summed E-state index contributed by atoms with van der Waals surface area (Å²) in [5.41, 5.74) is 7.44. The summed E-state index contributed by atoms with van der Waals surface area (Å²) in [5.74, 6) is 0.212. The first kappa shape index (κ1) is 26.1. The molecule has 1 N–H and O–H groups in total. The highest BCUT2D eigenvalue weighted by atomic mass is 16.5. The second kappa shape index (κ2) is 11.1. The van der Waals surface area contributed by atoms with Gasteiger partial charge >= 0.3 is 0 Å². The Labute approximate surface area is 239 Å². The van der Waals surface area contributed by atoms with E-state index < -0.39 is 0 Å². The van der Waals surface area contributed by atoms with Crippen LogP contribution in [0.4, 0.5) is 5.69 Å². The summed E-state index contributed by atoms with van der Waals surface area (Å²) in [6.45, 7) is 3.10. The maximum atomic E-state index is 14.3. The zero-order valence-electron chi connectivity index (χ0n) is 23.0. The summed E-state index contributed by atoms with van der Waals surface area (Å²) < 4.78 is 7.81. The lowest BCUT2D eigenvalue weighted by atomic mass is 9.96. The van der Waals surface area contributed by atoms with Crippen molar-refractivity contribution in [3.8, 4) is 16.9 Å². The quantitative estimate of drug-likeness (QED) is 0.285. The molecule has 0 spiro atoms. The normalized spacial score (nSPS) is 12.2. The Kier molecular flexibility index (Phi) is 7.08. The van der Waals surface area contributed by atoms with Gasteiger partial charge in [0.15, 0.2) is 0 Å². The van der Waals surface area contributed by atoms with Gasteiger partial charge in [-0.15, -0.1) is 0 Å². The van der Waals surface area contributed by atoms with Crippen molar-refractivity contribution in [2.45, 2.75) is 26.6 Å². The SMILES string of the molecule is COc1c(C(=O)N2Cc3ccc(C(=O)NCc4ccccn4)n3Cc3ccccc32)ccc(-c2ccccc2)c1C. The Morgan fingerprint density at radius 1 is 0.878 bits per heavy atom. The summed E-state index contributed by atoms with van der Waals surface area (Å²) in [6.07, 6.45) is 1.71. The third-order valence-corrected chi connectivity index (χ3v) is 7.56. The molecule has 0 fully saturated rings. The van der Waals surface area contributed by atoms with Crippen LogP contribution in [0.1, 0.15) is 43.4 Å². The molecule has 3 aromatic carbocycles. The van der Waals surface area contributed by atoms with Crippen LogP contribution in [0.2, 0.25) is 0 Å². The molecule has 2 aromatic heterocycles. The minimum atomic E-state index is -0.187. The number of ether oxygens (including phenoxy) is 1. The van der Waals surface area contributed by atoms with E-state index in [1.54, 1.807) is 18.2 Å². The fraction of sp³-hybridized carbons (Fsp3) is 0.147. The first-order valence-corrected chi connectivity index (χ1v) is 13.5. The van der Waals surface area contributed by atoms with Gasteiger partial charge in [0.2, 0.25) is 0 Å². The van der Waals surface area contributed by atoms with Crippen LogP contribution in [0.25, 0.3) is 11.1 Å². The number of amides is 2. The molecule has 0 radical (unpaired) electrons.